The average molecular weight is 390 g/mol. The van der Waals surface area contributed by atoms with Crippen molar-refractivity contribution >= 4 is 43.2 Å². The smallest absolute Gasteiger partial charge is 0.244 e. The molecule has 0 atom stereocenters. The van der Waals surface area contributed by atoms with E-state index in [1.807, 2.05) is 0 Å². The zero-order valence-electron chi connectivity index (χ0n) is 11.3. The number of halogens is 2. The fourth-order valence-corrected chi connectivity index (χ4v) is 4.15. The number of hydrogen-bond acceptors (Lipinski definition) is 3. The topological polar surface area (TPSA) is 63.4 Å². The molecule has 0 saturated heterocycles. The molecular weight excluding hydrogens is 376 g/mol. The lowest BCUT2D eigenvalue weighted by molar-refractivity contribution is 0.466. The summed E-state index contributed by atoms with van der Waals surface area (Å²) in [6, 6.07) is 11.7. The van der Waals surface area contributed by atoms with Gasteiger partial charge in [-0.2, -0.15) is 4.31 Å². The second-order valence-electron chi connectivity index (χ2n) is 4.54. The molecule has 0 bridgehead atoms. The number of hydrogen-bond donors (Lipinski definition) is 1. The molecule has 2 aromatic rings. The minimum absolute atomic E-state index is 0.146. The highest BCUT2D eigenvalue weighted by Gasteiger charge is 2.23. The zero-order valence-corrected chi connectivity index (χ0v) is 14.4. The van der Waals surface area contributed by atoms with Crippen LogP contribution in [0.3, 0.4) is 0 Å². The van der Waals surface area contributed by atoms with Crippen molar-refractivity contribution in [3.8, 4) is 0 Å². The van der Waals surface area contributed by atoms with Crippen molar-refractivity contribution in [3.05, 3.63) is 57.5 Å². The van der Waals surface area contributed by atoms with Gasteiger partial charge in [0.15, 0.2) is 0 Å². The van der Waals surface area contributed by atoms with Crippen molar-refractivity contribution in [2.24, 2.45) is 0 Å². The molecule has 21 heavy (non-hydrogen) atoms. The van der Waals surface area contributed by atoms with Crippen molar-refractivity contribution in [1.29, 1.82) is 0 Å². The van der Waals surface area contributed by atoms with Gasteiger partial charge in [-0.25, -0.2) is 8.42 Å². The number of anilines is 1. The number of benzene rings is 2. The summed E-state index contributed by atoms with van der Waals surface area (Å²) in [6.07, 6.45) is 0. The summed E-state index contributed by atoms with van der Waals surface area (Å²) in [5.41, 5.74) is 6.92. The van der Waals surface area contributed by atoms with Gasteiger partial charge in [-0.1, -0.05) is 23.7 Å². The van der Waals surface area contributed by atoms with Gasteiger partial charge in [0.05, 0.1) is 4.90 Å². The summed E-state index contributed by atoms with van der Waals surface area (Å²) in [7, 11) is -2.10. The number of nitrogen functional groups attached to an aromatic ring is 1. The minimum atomic E-state index is -3.61. The standard InChI is InChI=1S/C14H14BrClN2O2S/c1-18(9-10-8-11(17)6-7-13(10)16)21(19,20)14-5-3-2-4-12(14)15/h2-8H,9,17H2,1H3. The number of nitrogens with zero attached hydrogens (tertiary/aromatic N) is 1. The molecular formula is C14H14BrClN2O2S. The van der Waals surface area contributed by atoms with E-state index in [-0.39, 0.29) is 11.4 Å². The summed E-state index contributed by atoms with van der Waals surface area (Å²) < 4.78 is 26.9. The van der Waals surface area contributed by atoms with Crippen LogP contribution in [0.5, 0.6) is 0 Å². The van der Waals surface area contributed by atoms with Crippen LogP contribution in [-0.2, 0) is 16.6 Å². The van der Waals surface area contributed by atoms with E-state index in [9.17, 15) is 8.42 Å². The lowest BCUT2D eigenvalue weighted by Gasteiger charge is -2.19. The van der Waals surface area contributed by atoms with E-state index < -0.39 is 10.0 Å². The SMILES string of the molecule is CN(Cc1cc(N)ccc1Cl)S(=O)(=O)c1ccccc1Br. The molecule has 0 aliphatic heterocycles. The van der Waals surface area contributed by atoms with Crippen molar-refractivity contribution in [1.82, 2.24) is 4.31 Å². The van der Waals surface area contributed by atoms with E-state index in [0.717, 1.165) is 0 Å². The Kier molecular flexibility index (Phi) is 4.93. The van der Waals surface area contributed by atoms with Gasteiger partial charge in [-0.05, 0) is 51.8 Å². The van der Waals surface area contributed by atoms with Gasteiger partial charge in [0.1, 0.15) is 0 Å². The first kappa shape index (κ1) is 16.3. The summed E-state index contributed by atoms with van der Waals surface area (Å²) in [4.78, 5) is 0.215. The summed E-state index contributed by atoms with van der Waals surface area (Å²) in [6.45, 7) is 0.146. The highest BCUT2D eigenvalue weighted by molar-refractivity contribution is 9.10. The molecule has 0 aliphatic rings. The molecule has 0 radical (unpaired) electrons. The van der Waals surface area contributed by atoms with Crippen LogP contribution in [0.25, 0.3) is 0 Å². The Morgan fingerprint density at radius 3 is 2.57 bits per heavy atom. The Morgan fingerprint density at radius 1 is 1.24 bits per heavy atom. The van der Waals surface area contributed by atoms with Crippen LogP contribution >= 0.6 is 27.5 Å². The lowest BCUT2D eigenvalue weighted by Crippen LogP contribution is -2.27. The van der Waals surface area contributed by atoms with E-state index in [0.29, 0.717) is 20.7 Å². The predicted molar refractivity (Wildman–Crippen MR) is 88.7 cm³/mol. The molecule has 0 heterocycles. The summed E-state index contributed by atoms with van der Waals surface area (Å²) in [5.74, 6) is 0. The van der Waals surface area contributed by atoms with Crippen molar-refractivity contribution < 1.29 is 8.42 Å². The maximum atomic E-state index is 12.6. The molecule has 0 saturated carbocycles. The second kappa shape index (κ2) is 6.36. The van der Waals surface area contributed by atoms with Crippen LogP contribution in [-0.4, -0.2) is 19.8 Å². The molecule has 2 N–H and O–H groups in total. The maximum Gasteiger partial charge on any atom is 0.244 e. The van der Waals surface area contributed by atoms with E-state index in [1.165, 1.54) is 11.4 Å². The molecule has 0 aromatic heterocycles. The molecule has 4 nitrogen and oxygen atoms in total. The molecule has 2 aromatic carbocycles. The normalized spacial score (nSPS) is 11.8. The minimum Gasteiger partial charge on any atom is -0.399 e. The Hall–Kier alpha value is -1.08. The van der Waals surface area contributed by atoms with Gasteiger partial charge in [-0.3, -0.25) is 0 Å². The monoisotopic (exact) mass is 388 g/mol. The molecule has 112 valence electrons. The third kappa shape index (κ3) is 3.58. The maximum absolute atomic E-state index is 12.6. The van der Waals surface area contributed by atoms with Gasteiger partial charge in [0.25, 0.3) is 0 Å². The highest BCUT2D eigenvalue weighted by Crippen LogP contribution is 2.27. The fourth-order valence-electron chi connectivity index (χ4n) is 1.86. The summed E-state index contributed by atoms with van der Waals surface area (Å²) >= 11 is 9.34. The predicted octanol–water partition coefficient (Wildman–Crippen LogP) is 3.51. The van der Waals surface area contributed by atoms with Crippen LogP contribution in [0.1, 0.15) is 5.56 Å². The molecule has 2 rings (SSSR count). The first-order valence-corrected chi connectivity index (χ1v) is 8.68. The first-order chi connectivity index (χ1) is 9.82. The van der Waals surface area contributed by atoms with Gasteiger partial charge in [0, 0.05) is 28.8 Å². The third-order valence-corrected chi connectivity index (χ3v) is 6.17. The van der Waals surface area contributed by atoms with Crippen molar-refractivity contribution in [2.45, 2.75) is 11.4 Å². The van der Waals surface area contributed by atoms with Gasteiger partial charge in [0.2, 0.25) is 10.0 Å². The zero-order chi connectivity index (χ0) is 15.6. The van der Waals surface area contributed by atoms with Crippen LogP contribution in [0, 0.1) is 0 Å². The van der Waals surface area contributed by atoms with E-state index in [4.69, 9.17) is 17.3 Å². The lowest BCUT2D eigenvalue weighted by atomic mass is 10.2. The van der Waals surface area contributed by atoms with E-state index >= 15 is 0 Å². The number of nitrogens with two attached hydrogens (primary N) is 1. The Bertz CT molecular complexity index is 765. The molecule has 0 amide bonds. The largest absolute Gasteiger partial charge is 0.399 e. The second-order valence-corrected chi connectivity index (χ2v) is 7.82. The molecule has 0 spiro atoms. The van der Waals surface area contributed by atoms with Crippen LogP contribution in [0.15, 0.2) is 51.8 Å². The van der Waals surface area contributed by atoms with Gasteiger partial charge >= 0.3 is 0 Å². The first-order valence-electron chi connectivity index (χ1n) is 6.07. The van der Waals surface area contributed by atoms with Gasteiger partial charge < -0.3 is 5.73 Å². The summed E-state index contributed by atoms with van der Waals surface area (Å²) in [5, 5.41) is 0.485. The number of rotatable bonds is 4. The molecule has 0 unspecified atom stereocenters. The van der Waals surface area contributed by atoms with E-state index in [1.54, 1.807) is 42.5 Å². The Balaban J connectivity index is 2.33. The molecule has 0 aliphatic carbocycles. The number of sulfonamides is 1. The van der Waals surface area contributed by atoms with E-state index in [2.05, 4.69) is 15.9 Å². The van der Waals surface area contributed by atoms with Crippen LogP contribution < -0.4 is 5.73 Å². The van der Waals surface area contributed by atoms with Crippen LogP contribution in [0.4, 0.5) is 5.69 Å². The van der Waals surface area contributed by atoms with Crippen molar-refractivity contribution in [3.63, 3.8) is 0 Å². The third-order valence-electron chi connectivity index (χ3n) is 2.99. The molecule has 0 fully saturated rings. The van der Waals surface area contributed by atoms with Crippen molar-refractivity contribution in [2.75, 3.05) is 12.8 Å². The Labute approximate surface area is 137 Å². The molecule has 7 heteroatoms. The average Bonchev–Trinajstić information content (AvgIpc) is 2.43. The highest BCUT2D eigenvalue weighted by atomic mass is 79.9. The Morgan fingerprint density at radius 2 is 1.90 bits per heavy atom. The quantitative estimate of drug-likeness (QED) is 0.814. The van der Waals surface area contributed by atoms with Gasteiger partial charge in [-0.15, -0.1) is 0 Å². The van der Waals surface area contributed by atoms with Crippen LogP contribution in [0.2, 0.25) is 5.02 Å². The fraction of sp³-hybridized carbons (Fsp3) is 0.143.